The van der Waals surface area contributed by atoms with Crippen LogP contribution in [0.5, 0.6) is 17.2 Å². The number of rotatable bonds is 5. The first-order chi connectivity index (χ1) is 10.0. The van der Waals surface area contributed by atoms with Gasteiger partial charge in [0.05, 0.1) is 25.1 Å². The zero-order valence-corrected chi connectivity index (χ0v) is 12.1. The van der Waals surface area contributed by atoms with Crippen LogP contribution >= 0.6 is 0 Å². The molecule has 21 heavy (non-hydrogen) atoms. The first-order valence-electron chi connectivity index (χ1n) is 6.43. The fourth-order valence-corrected chi connectivity index (χ4v) is 1.76. The van der Waals surface area contributed by atoms with Crippen molar-refractivity contribution in [1.82, 2.24) is 9.78 Å². The summed E-state index contributed by atoms with van der Waals surface area (Å²) in [6.45, 7) is 4.04. The lowest BCUT2D eigenvalue weighted by molar-refractivity contribution is 0.318. The molecular formula is C14H18N4O3. The van der Waals surface area contributed by atoms with E-state index in [9.17, 15) is 0 Å². The summed E-state index contributed by atoms with van der Waals surface area (Å²) in [6, 6.07) is 5.27. The van der Waals surface area contributed by atoms with Crippen LogP contribution in [0.2, 0.25) is 0 Å². The summed E-state index contributed by atoms with van der Waals surface area (Å²) in [4.78, 5) is 0. The molecular weight excluding hydrogens is 272 g/mol. The molecule has 0 fully saturated rings. The van der Waals surface area contributed by atoms with Crippen molar-refractivity contribution in [1.29, 1.82) is 0 Å². The third-order valence-corrected chi connectivity index (χ3v) is 2.91. The Bertz CT molecular complexity index is 649. The quantitative estimate of drug-likeness (QED) is 0.381. The lowest BCUT2D eigenvalue weighted by Crippen LogP contribution is -2.14. The summed E-state index contributed by atoms with van der Waals surface area (Å²) in [5, 5.41) is 16.0. The van der Waals surface area contributed by atoms with Crippen LogP contribution in [0.3, 0.4) is 0 Å². The van der Waals surface area contributed by atoms with Gasteiger partial charge in [-0.1, -0.05) is 5.16 Å². The van der Waals surface area contributed by atoms with Crippen LogP contribution in [0.4, 0.5) is 0 Å². The summed E-state index contributed by atoms with van der Waals surface area (Å²) < 4.78 is 12.7. The van der Waals surface area contributed by atoms with Gasteiger partial charge in [0.2, 0.25) is 0 Å². The van der Waals surface area contributed by atoms with Crippen LogP contribution < -0.4 is 15.2 Å². The van der Waals surface area contributed by atoms with Gasteiger partial charge in [0, 0.05) is 12.1 Å². The fraction of sp³-hybridized carbons (Fsp3) is 0.286. The Hall–Kier alpha value is -2.70. The van der Waals surface area contributed by atoms with Gasteiger partial charge in [-0.2, -0.15) is 5.10 Å². The molecule has 0 bridgehead atoms. The Kier molecular flexibility index (Phi) is 4.32. The second-order valence-electron chi connectivity index (χ2n) is 4.70. The van der Waals surface area contributed by atoms with Crippen molar-refractivity contribution >= 4 is 5.84 Å². The van der Waals surface area contributed by atoms with E-state index in [0.29, 0.717) is 22.8 Å². The minimum atomic E-state index is -0.0381. The molecule has 0 radical (unpaired) electrons. The van der Waals surface area contributed by atoms with Gasteiger partial charge in [-0.25, -0.2) is 0 Å². The summed E-state index contributed by atoms with van der Waals surface area (Å²) in [6.07, 6.45) is 3.38. The predicted molar refractivity (Wildman–Crippen MR) is 78.2 cm³/mol. The predicted octanol–water partition coefficient (Wildman–Crippen LogP) is 2.36. The maximum Gasteiger partial charge on any atom is 0.173 e. The summed E-state index contributed by atoms with van der Waals surface area (Å²) in [5.74, 6) is 1.55. The largest absolute Gasteiger partial charge is 0.497 e. The summed E-state index contributed by atoms with van der Waals surface area (Å²) in [5.41, 5.74) is 6.12. The smallest absolute Gasteiger partial charge is 0.173 e. The van der Waals surface area contributed by atoms with E-state index in [4.69, 9.17) is 20.4 Å². The molecule has 0 aliphatic rings. The third-order valence-electron chi connectivity index (χ3n) is 2.91. The summed E-state index contributed by atoms with van der Waals surface area (Å²) >= 11 is 0. The number of nitrogens with zero attached hydrogens (tertiary/aromatic N) is 3. The molecule has 1 aromatic heterocycles. The van der Waals surface area contributed by atoms with Crippen molar-refractivity contribution in [3.8, 4) is 17.2 Å². The highest BCUT2D eigenvalue weighted by atomic mass is 16.5. The highest BCUT2D eigenvalue weighted by Gasteiger charge is 2.12. The normalized spacial score (nSPS) is 11.7. The van der Waals surface area contributed by atoms with Crippen LogP contribution in [0.1, 0.15) is 25.5 Å². The number of hydrogen-bond acceptors (Lipinski definition) is 5. The van der Waals surface area contributed by atoms with Gasteiger partial charge in [-0.05, 0) is 26.0 Å². The molecule has 0 amide bonds. The molecule has 7 heteroatoms. The number of hydrogen-bond donors (Lipinski definition) is 2. The Labute approximate surface area is 122 Å². The zero-order valence-electron chi connectivity index (χ0n) is 12.1. The third kappa shape index (κ3) is 3.25. The first-order valence-corrected chi connectivity index (χ1v) is 6.43. The molecule has 0 aliphatic heterocycles. The number of benzene rings is 1. The highest BCUT2D eigenvalue weighted by molar-refractivity contribution is 5.99. The molecule has 1 aromatic carbocycles. The van der Waals surface area contributed by atoms with Crippen molar-refractivity contribution in [2.75, 3.05) is 7.11 Å². The Morgan fingerprint density at radius 2 is 2.14 bits per heavy atom. The highest BCUT2D eigenvalue weighted by Crippen LogP contribution is 2.29. The molecule has 2 rings (SSSR count). The minimum absolute atomic E-state index is 0.0381. The number of oxime groups is 1. The molecule has 7 nitrogen and oxygen atoms in total. The molecule has 112 valence electrons. The Morgan fingerprint density at radius 3 is 2.71 bits per heavy atom. The molecule has 0 saturated carbocycles. The van der Waals surface area contributed by atoms with Gasteiger partial charge in [0.15, 0.2) is 11.6 Å². The molecule has 0 spiro atoms. The van der Waals surface area contributed by atoms with Crippen molar-refractivity contribution in [3.05, 3.63) is 36.2 Å². The maximum absolute atomic E-state index is 8.84. The van der Waals surface area contributed by atoms with E-state index in [1.165, 1.54) is 0 Å². The number of ether oxygens (including phenoxy) is 2. The van der Waals surface area contributed by atoms with Crippen LogP contribution in [0.25, 0.3) is 0 Å². The maximum atomic E-state index is 8.84. The molecule has 2 aromatic rings. The lowest BCUT2D eigenvalue weighted by atomic mass is 10.1. The standard InChI is InChI=1S/C14H18N4O3/c1-9(2)18-8-11(7-16-18)21-13-6-10(20-3)4-5-12(13)14(15)17-19/h4-9,19H,1-3H3,(H2,15,17). The van der Waals surface area contributed by atoms with E-state index in [1.807, 2.05) is 13.8 Å². The van der Waals surface area contributed by atoms with E-state index in [0.717, 1.165) is 0 Å². The van der Waals surface area contributed by atoms with Gasteiger partial charge < -0.3 is 20.4 Å². The topological polar surface area (TPSA) is 94.9 Å². The SMILES string of the molecule is COc1ccc(/C(N)=N/O)c(Oc2cnn(C(C)C)c2)c1. The molecule has 1 heterocycles. The van der Waals surface area contributed by atoms with Gasteiger partial charge >= 0.3 is 0 Å². The molecule has 0 aliphatic carbocycles. The van der Waals surface area contributed by atoms with Crippen LogP contribution in [-0.2, 0) is 0 Å². The van der Waals surface area contributed by atoms with Crippen LogP contribution in [0, 0.1) is 0 Å². The van der Waals surface area contributed by atoms with Gasteiger partial charge in [-0.15, -0.1) is 0 Å². The monoisotopic (exact) mass is 290 g/mol. The molecule has 3 N–H and O–H groups in total. The Morgan fingerprint density at radius 1 is 1.38 bits per heavy atom. The lowest BCUT2D eigenvalue weighted by Gasteiger charge is -2.10. The van der Waals surface area contributed by atoms with Gasteiger partial charge in [-0.3, -0.25) is 4.68 Å². The molecule has 0 atom stereocenters. The van der Waals surface area contributed by atoms with E-state index in [1.54, 1.807) is 42.4 Å². The fourth-order valence-electron chi connectivity index (χ4n) is 1.76. The van der Waals surface area contributed by atoms with E-state index < -0.39 is 0 Å². The van der Waals surface area contributed by atoms with E-state index in [-0.39, 0.29) is 11.9 Å². The molecule has 0 saturated heterocycles. The van der Waals surface area contributed by atoms with Crippen LogP contribution in [0.15, 0.2) is 35.7 Å². The van der Waals surface area contributed by atoms with Crippen molar-refractivity contribution in [3.63, 3.8) is 0 Å². The van der Waals surface area contributed by atoms with Gasteiger partial charge in [0.25, 0.3) is 0 Å². The number of methoxy groups -OCH3 is 1. The molecule has 0 unspecified atom stereocenters. The first kappa shape index (κ1) is 14.7. The average molecular weight is 290 g/mol. The second-order valence-corrected chi connectivity index (χ2v) is 4.70. The van der Waals surface area contributed by atoms with Crippen molar-refractivity contribution in [2.45, 2.75) is 19.9 Å². The average Bonchev–Trinajstić information content (AvgIpc) is 2.95. The number of aromatic nitrogens is 2. The van der Waals surface area contributed by atoms with Crippen LogP contribution in [-0.4, -0.2) is 27.9 Å². The number of amidine groups is 1. The minimum Gasteiger partial charge on any atom is -0.497 e. The Balaban J connectivity index is 2.36. The number of nitrogens with two attached hydrogens (primary N) is 1. The second kappa shape index (κ2) is 6.17. The van der Waals surface area contributed by atoms with Gasteiger partial charge in [0.1, 0.15) is 11.5 Å². The summed E-state index contributed by atoms with van der Waals surface area (Å²) in [7, 11) is 1.55. The van der Waals surface area contributed by atoms with E-state index >= 15 is 0 Å². The van der Waals surface area contributed by atoms with E-state index in [2.05, 4.69) is 10.3 Å². The zero-order chi connectivity index (χ0) is 15.4. The van der Waals surface area contributed by atoms with Crippen molar-refractivity contribution < 1.29 is 14.7 Å². The van der Waals surface area contributed by atoms with Crippen molar-refractivity contribution in [2.24, 2.45) is 10.9 Å².